The van der Waals surface area contributed by atoms with Crippen molar-refractivity contribution >= 4 is 22.8 Å². The maximum Gasteiger partial charge on any atom is 0.417 e. The molecule has 2 aromatic carbocycles. The molecule has 8 heteroatoms. The summed E-state index contributed by atoms with van der Waals surface area (Å²) in [4.78, 5) is 11.8. The van der Waals surface area contributed by atoms with Crippen molar-refractivity contribution in [2.75, 3.05) is 12.0 Å². The third-order valence-corrected chi connectivity index (χ3v) is 3.47. The molecule has 0 bridgehead atoms. The standard InChI is InChI=1S/C16H18N2O5S/c1-12-9-14(8-7-13(12)10-17-11-22-24(20)21)18-16(19)23-15-5-3-2-4-6-15/h2-9,17,24H,10-11H2,1H3,(H,18,19). The number of carbonyl (C=O) groups excluding carboxylic acids is 1. The van der Waals surface area contributed by atoms with Crippen LogP contribution in [0.3, 0.4) is 0 Å². The van der Waals surface area contributed by atoms with Crippen LogP contribution < -0.4 is 15.4 Å². The van der Waals surface area contributed by atoms with E-state index in [4.69, 9.17) is 4.74 Å². The molecule has 0 saturated carbocycles. The van der Waals surface area contributed by atoms with E-state index in [2.05, 4.69) is 14.8 Å². The predicted molar refractivity (Wildman–Crippen MR) is 90.4 cm³/mol. The molecule has 0 radical (unpaired) electrons. The van der Waals surface area contributed by atoms with Gasteiger partial charge in [0.2, 0.25) is 0 Å². The number of aryl methyl sites for hydroxylation is 1. The van der Waals surface area contributed by atoms with Gasteiger partial charge in [0.1, 0.15) is 12.5 Å². The Bertz CT molecular complexity index is 754. The molecule has 0 saturated heterocycles. The lowest BCUT2D eigenvalue weighted by atomic mass is 10.1. The number of anilines is 1. The Kier molecular flexibility index (Phi) is 6.74. The number of benzene rings is 2. The first-order valence-corrected chi connectivity index (χ1v) is 8.25. The lowest BCUT2D eigenvalue weighted by molar-refractivity contribution is 0.215. The van der Waals surface area contributed by atoms with Crippen molar-refractivity contribution in [1.82, 2.24) is 5.32 Å². The molecule has 2 N–H and O–H groups in total. The zero-order chi connectivity index (χ0) is 17.4. The second-order valence-electron chi connectivity index (χ2n) is 4.89. The van der Waals surface area contributed by atoms with E-state index < -0.39 is 17.1 Å². The summed E-state index contributed by atoms with van der Waals surface area (Å²) >= 11 is 0. The van der Waals surface area contributed by atoms with E-state index in [9.17, 15) is 13.2 Å². The first-order chi connectivity index (χ1) is 11.5. The minimum absolute atomic E-state index is 0.0818. The first-order valence-electron chi connectivity index (χ1n) is 7.16. The van der Waals surface area contributed by atoms with Gasteiger partial charge in [0.15, 0.2) is 0 Å². The maximum absolute atomic E-state index is 11.8. The van der Waals surface area contributed by atoms with Gasteiger partial charge in [-0.25, -0.2) is 13.2 Å². The molecule has 0 atom stereocenters. The van der Waals surface area contributed by atoms with Gasteiger partial charge in [-0.15, -0.1) is 0 Å². The molecule has 0 heterocycles. The number of hydrogen-bond donors (Lipinski definition) is 3. The summed E-state index contributed by atoms with van der Waals surface area (Å²) in [6, 6.07) is 14.2. The molecule has 0 aliphatic rings. The van der Waals surface area contributed by atoms with Crippen molar-refractivity contribution in [3.8, 4) is 5.75 Å². The molecule has 128 valence electrons. The Morgan fingerprint density at radius 1 is 1.12 bits per heavy atom. The largest absolute Gasteiger partial charge is 0.417 e. The van der Waals surface area contributed by atoms with Gasteiger partial charge >= 0.3 is 6.09 Å². The van der Waals surface area contributed by atoms with Crippen LogP contribution in [0.5, 0.6) is 5.75 Å². The minimum atomic E-state index is -2.85. The van der Waals surface area contributed by atoms with E-state index in [1.165, 1.54) is 0 Å². The molecule has 24 heavy (non-hydrogen) atoms. The Hall–Kier alpha value is -2.42. The summed E-state index contributed by atoms with van der Waals surface area (Å²) in [7, 11) is -2.85. The molecule has 0 aliphatic carbocycles. The summed E-state index contributed by atoms with van der Waals surface area (Å²) in [6.45, 7) is 2.25. The molecule has 0 unspecified atom stereocenters. The van der Waals surface area contributed by atoms with Crippen LogP contribution in [0, 0.1) is 6.92 Å². The van der Waals surface area contributed by atoms with Crippen LogP contribution in [0.15, 0.2) is 48.5 Å². The van der Waals surface area contributed by atoms with Gasteiger partial charge in [0.25, 0.3) is 11.0 Å². The van der Waals surface area contributed by atoms with Crippen molar-refractivity contribution < 1.29 is 22.1 Å². The highest BCUT2D eigenvalue weighted by molar-refractivity contribution is 7.67. The zero-order valence-corrected chi connectivity index (χ0v) is 13.9. The predicted octanol–water partition coefficient (Wildman–Crippen LogP) is 2.20. The lowest BCUT2D eigenvalue weighted by Gasteiger charge is -2.10. The third kappa shape index (κ3) is 5.99. The molecule has 0 aromatic heterocycles. The highest BCUT2D eigenvalue weighted by atomic mass is 32.2. The fourth-order valence-corrected chi connectivity index (χ4v) is 2.19. The highest BCUT2D eigenvalue weighted by Crippen LogP contribution is 2.16. The number of rotatable bonds is 7. The molecular weight excluding hydrogens is 332 g/mol. The number of para-hydroxylation sites is 1. The molecule has 2 aromatic rings. The lowest BCUT2D eigenvalue weighted by Crippen LogP contribution is -2.18. The smallest absolute Gasteiger partial charge is 0.410 e. The molecule has 7 nitrogen and oxygen atoms in total. The van der Waals surface area contributed by atoms with Gasteiger partial charge < -0.3 is 4.74 Å². The topological polar surface area (TPSA) is 93.7 Å². The monoisotopic (exact) mass is 350 g/mol. The Balaban J connectivity index is 1.88. The van der Waals surface area contributed by atoms with Gasteiger partial charge in [0, 0.05) is 12.2 Å². The van der Waals surface area contributed by atoms with Crippen LogP contribution in [0.2, 0.25) is 0 Å². The third-order valence-electron chi connectivity index (χ3n) is 3.13. The molecule has 1 amide bonds. The number of thiol groups is 1. The van der Waals surface area contributed by atoms with E-state index in [1.807, 2.05) is 19.1 Å². The number of ether oxygens (including phenoxy) is 1. The molecule has 0 fully saturated rings. The van der Waals surface area contributed by atoms with E-state index >= 15 is 0 Å². The van der Waals surface area contributed by atoms with E-state index in [0.717, 1.165) is 11.1 Å². The summed E-state index contributed by atoms with van der Waals surface area (Å²) in [5, 5.41) is 5.50. The van der Waals surface area contributed by atoms with Crippen LogP contribution >= 0.6 is 0 Å². The van der Waals surface area contributed by atoms with Gasteiger partial charge in [-0.05, 0) is 42.3 Å². The van der Waals surface area contributed by atoms with Gasteiger partial charge in [-0.2, -0.15) is 0 Å². The van der Waals surface area contributed by atoms with Gasteiger partial charge in [-0.3, -0.25) is 14.8 Å². The summed E-state index contributed by atoms with van der Waals surface area (Å²) in [6.07, 6.45) is -0.570. The van der Waals surface area contributed by atoms with Crippen LogP contribution in [0.4, 0.5) is 10.5 Å². The average molecular weight is 350 g/mol. The number of nitrogens with one attached hydrogen (secondary N) is 2. The van der Waals surface area contributed by atoms with Gasteiger partial charge in [0.05, 0.1) is 0 Å². The Morgan fingerprint density at radius 2 is 1.88 bits per heavy atom. The summed E-state index contributed by atoms with van der Waals surface area (Å²) in [5.41, 5.74) is 2.50. The van der Waals surface area contributed by atoms with Crippen LogP contribution in [-0.4, -0.2) is 21.2 Å². The average Bonchev–Trinajstić information content (AvgIpc) is 2.54. The fourth-order valence-electron chi connectivity index (χ4n) is 1.99. The number of carbonyl (C=O) groups is 1. The molecule has 0 aliphatic heterocycles. The normalized spacial score (nSPS) is 10.6. The summed E-state index contributed by atoms with van der Waals surface area (Å²) < 4.78 is 30.1. The SMILES string of the molecule is Cc1cc(NC(=O)Oc2ccccc2)ccc1CNCO[SH](=O)=O. The van der Waals surface area contributed by atoms with Gasteiger partial charge in [-0.1, -0.05) is 24.3 Å². The second kappa shape index (κ2) is 9.02. The van der Waals surface area contributed by atoms with Crippen LogP contribution in [0.1, 0.15) is 11.1 Å². The first kappa shape index (κ1) is 17.9. The van der Waals surface area contributed by atoms with Crippen LogP contribution in [-0.2, 0) is 21.7 Å². The number of hydrogen-bond acceptors (Lipinski definition) is 6. The minimum Gasteiger partial charge on any atom is -0.410 e. The molecule has 2 rings (SSSR count). The second-order valence-corrected chi connectivity index (χ2v) is 5.60. The van der Waals surface area contributed by atoms with E-state index in [0.29, 0.717) is 18.0 Å². The highest BCUT2D eigenvalue weighted by Gasteiger charge is 2.06. The Labute approximate surface area is 141 Å². The van der Waals surface area contributed by atoms with Crippen molar-refractivity contribution in [1.29, 1.82) is 0 Å². The summed E-state index contributed by atoms with van der Waals surface area (Å²) in [5.74, 6) is 0.462. The number of amides is 1. The molecule has 0 spiro atoms. The maximum atomic E-state index is 11.8. The van der Waals surface area contributed by atoms with E-state index in [1.54, 1.807) is 36.4 Å². The fraction of sp³-hybridized carbons (Fsp3) is 0.188. The van der Waals surface area contributed by atoms with Crippen LogP contribution in [0.25, 0.3) is 0 Å². The van der Waals surface area contributed by atoms with Crippen molar-refractivity contribution in [2.24, 2.45) is 0 Å². The Morgan fingerprint density at radius 3 is 2.54 bits per heavy atom. The van der Waals surface area contributed by atoms with Crippen molar-refractivity contribution in [3.05, 3.63) is 59.7 Å². The zero-order valence-electron chi connectivity index (χ0n) is 13.0. The molecular formula is C16H18N2O5S. The quantitative estimate of drug-likeness (QED) is 0.403. The van der Waals surface area contributed by atoms with Crippen molar-refractivity contribution in [3.63, 3.8) is 0 Å². The van der Waals surface area contributed by atoms with E-state index in [-0.39, 0.29) is 6.73 Å². The van der Waals surface area contributed by atoms with Crippen molar-refractivity contribution in [2.45, 2.75) is 13.5 Å².